The van der Waals surface area contributed by atoms with Crippen LogP contribution in [0.5, 0.6) is 0 Å². The molecule has 2 heterocycles. The van der Waals surface area contributed by atoms with E-state index in [9.17, 15) is 24.3 Å². The van der Waals surface area contributed by atoms with E-state index in [0.29, 0.717) is 5.56 Å². The van der Waals surface area contributed by atoms with Gasteiger partial charge in [0.2, 0.25) is 0 Å². The molecule has 4 aromatic carbocycles. The lowest BCUT2D eigenvalue weighted by Gasteiger charge is -2.37. The van der Waals surface area contributed by atoms with Gasteiger partial charge in [-0.3, -0.25) is 9.36 Å². The van der Waals surface area contributed by atoms with Gasteiger partial charge in [0.15, 0.2) is 24.2 Å². The molecule has 1 aromatic heterocycles. The Kier molecular flexibility index (Phi) is 11.0. The number of amides is 1. The minimum absolute atomic E-state index is 0.0198. The lowest BCUT2D eigenvalue weighted by atomic mass is 9.93. The monoisotopic (exact) mass is 703 g/mol. The molecule has 266 valence electrons. The van der Waals surface area contributed by atoms with Crippen LogP contribution in [0.1, 0.15) is 56.7 Å². The van der Waals surface area contributed by atoms with E-state index in [1.807, 2.05) is 30.3 Å². The number of nitrogens with one attached hydrogen (secondary N) is 1. The minimum Gasteiger partial charge on any atom is -0.456 e. The van der Waals surface area contributed by atoms with E-state index in [-0.39, 0.29) is 23.4 Å². The van der Waals surface area contributed by atoms with Gasteiger partial charge in [-0.25, -0.2) is 14.4 Å². The summed E-state index contributed by atoms with van der Waals surface area (Å²) in [5, 5.41) is 14.0. The number of hydrogen-bond donors (Lipinski definition) is 2. The topological polar surface area (TPSA) is 155 Å². The van der Waals surface area contributed by atoms with E-state index in [0.717, 1.165) is 10.1 Å². The van der Waals surface area contributed by atoms with E-state index in [4.69, 9.17) is 18.9 Å². The predicted octanol–water partition coefficient (Wildman–Crippen LogP) is 5.20. The molecule has 0 bridgehead atoms. The SMILES string of the molecule is CC(OC(=O)c1ccccc1)C1OC(n2ccc(NC(=O)c3ccccc3)nc2=O)C(C)(OC(O)Cc2ccccc2)C1OC(=O)c1ccccc1. The molecule has 5 aromatic rings. The van der Waals surface area contributed by atoms with Gasteiger partial charge in [0.05, 0.1) is 11.1 Å². The number of ether oxygens (including phenoxy) is 4. The molecule has 52 heavy (non-hydrogen) atoms. The number of nitrogens with zero attached hydrogens (tertiary/aromatic N) is 2. The number of hydrogen-bond acceptors (Lipinski definition) is 10. The number of carbonyl (C=O) groups is 3. The molecular weight excluding hydrogens is 666 g/mol. The molecule has 0 saturated carbocycles. The Hall–Kier alpha value is -5.95. The highest BCUT2D eigenvalue weighted by Gasteiger charge is 2.61. The van der Waals surface area contributed by atoms with Crippen LogP contribution in [0, 0.1) is 0 Å². The molecule has 6 rings (SSSR count). The summed E-state index contributed by atoms with van der Waals surface area (Å²) in [4.78, 5) is 57.4. The van der Waals surface area contributed by atoms with Crippen LogP contribution in [0.2, 0.25) is 0 Å². The second-order valence-corrected chi connectivity index (χ2v) is 12.4. The Morgan fingerprint density at radius 3 is 1.94 bits per heavy atom. The third-order valence-corrected chi connectivity index (χ3v) is 8.65. The third-order valence-electron chi connectivity index (χ3n) is 8.65. The number of aromatic nitrogens is 2. The first kappa shape index (κ1) is 35.9. The summed E-state index contributed by atoms with van der Waals surface area (Å²) in [7, 11) is 0. The van der Waals surface area contributed by atoms with Crippen molar-refractivity contribution in [3.63, 3.8) is 0 Å². The lowest BCUT2D eigenvalue weighted by molar-refractivity contribution is -0.228. The summed E-state index contributed by atoms with van der Waals surface area (Å²) in [5.41, 5.74) is -0.990. The van der Waals surface area contributed by atoms with E-state index < -0.39 is 60.0 Å². The van der Waals surface area contributed by atoms with Crippen LogP contribution in [0.25, 0.3) is 0 Å². The number of aliphatic hydroxyl groups excluding tert-OH is 1. The van der Waals surface area contributed by atoms with Crippen molar-refractivity contribution in [1.29, 1.82) is 0 Å². The smallest absolute Gasteiger partial charge is 0.351 e. The largest absolute Gasteiger partial charge is 0.456 e. The maximum absolute atomic E-state index is 13.7. The zero-order chi connectivity index (χ0) is 36.7. The highest BCUT2D eigenvalue weighted by Crippen LogP contribution is 2.45. The van der Waals surface area contributed by atoms with E-state index in [2.05, 4.69) is 10.3 Å². The van der Waals surface area contributed by atoms with E-state index in [1.54, 1.807) is 97.9 Å². The van der Waals surface area contributed by atoms with Crippen molar-refractivity contribution in [2.24, 2.45) is 0 Å². The van der Waals surface area contributed by atoms with Gasteiger partial charge < -0.3 is 29.4 Å². The van der Waals surface area contributed by atoms with Gasteiger partial charge in [0.25, 0.3) is 5.91 Å². The number of aliphatic hydroxyl groups is 1. The Labute approximate surface area is 299 Å². The molecule has 6 unspecified atom stereocenters. The Bertz CT molecular complexity index is 2050. The van der Waals surface area contributed by atoms with Gasteiger partial charge >= 0.3 is 17.6 Å². The summed E-state index contributed by atoms with van der Waals surface area (Å²) in [6, 6.07) is 35.5. The molecule has 1 aliphatic rings. The molecule has 12 heteroatoms. The van der Waals surface area contributed by atoms with Crippen LogP contribution >= 0.6 is 0 Å². The van der Waals surface area contributed by atoms with Crippen LogP contribution in [0.4, 0.5) is 5.82 Å². The number of rotatable bonds is 12. The quantitative estimate of drug-likeness (QED) is 0.131. The second-order valence-electron chi connectivity index (χ2n) is 12.4. The zero-order valence-corrected chi connectivity index (χ0v) is 28.4. The van der Waals surface area contributed by atoms with Crippen molar-refractivity contribution < 1.29 is 38.4 Å². The first-order valence-electron chi connectivity index (χ1n) is 16.7. The minimum atomic E-state index is -1.78. The normalized spacial score (nSPS) is 20.7. The average molecular weight is 704 g/mol. The van der Waals surface area contributed by atoms with Crippen molar-refractivity contribution in [2.45, 2.75) is 56.7 Å². The molecule has 0 aliphatic carbocycles. The highest BCUT2D eigenvalue weighted by atomic mass is 16.7. The Morgan fingerprint density at radius 1 is 0.827 bits per heavy atom. The van der Waals surface area contributed by atoms with Crippen molar-refractivity contribution in [1.82, 2.24) is 9.55 Å². The molecule has 2 N–H and O–H groups in total. The molecule has 1 amide bonds. The average Bonchev–Trinajstić information content (AvgIpc) is 3.43. The summed E-state index contributed by atoms with van der Waals surface area (Å²) in [6.07, 6.45) is -5.07. The fourth-order valence-corrected chi connectivity index (χ4v) is 6.05. The van der Waals surface area contributed by atoms with Gasteiger partial charge in [0.1, 0.15) is 18.0 Å². The van der Waals surface area contributed by atoms with Gasteiger partial charge in [-0.1, -0.05) is 84.9 Å². The summed E-state index contributed by atoms with van der Waals surface area (Å²) < 4.78 is 25.9. The van der Waals surface area contributed by atoms with Crippen molar-refractivity contribution >= 4 is 23.7 Å². The first-order valence-corrected chi connectivity index (χ1v) is 16.7. The number of anilines is 1. The summed E-state index contributed by atoms with van der Waals surface area (Å²) in [5.74, 6) is -1.88. The molecular formula is C40H37N3O9. The third kappa shape index (κ3) is 8.16. The summed E-state index contributed by atoms with van der Waals surface area (Å²) in [6.45, 7) is 3.11. The fourth-order valence-electron chi connectivity index (χ4n) is 6.05. The van der Waals surface area contributed by atoms with Crippen LogP contribution in [-0.4, -0.2) is 62.7 Å². The van der Waals surface area contributed by atoms with Gasteiger partial charge in [-0.15, -0.1) is 0 Å². The van der Waals surface area contributed by atoms with Crippen LogP contribution in [-0.2, 0) is 25.4 Å². The lowest BCUT2D eigenvalue weighted by Crippen LogP contribution is -2.53. The van der Waals surface area contributed by atoms with Crippen LogP contribution in [0.3, 0.4) is 0 Å². The highest BCUT2D eigenvalue weighted by molar-refractivity contribution is 6.03. The van der Waals surface area contributed by atoms with Crippen molar-refractivity contribution in [2.75, 3.05) is 5.32 Å². The Balaban J connectivity index is 1.37. The molecule has 1 saturated heterocycles. The number of carbonyl (C=O) groups excluding carboxylic acids is 3. The van der Waals surface area contributed by atoms with Gasteiger partial charge in [-0.2, -0.15) is 4.98 Å². The van der Waals surface area contributed by atoms with E-state index >= 15 is 0 Å². The predicted molar refractivity (Wildman–Crippen MR) is 189 cm³/mol. The van der Waals surface area contributed by atoms with Crippen molar-refractivity contribution in [3.05, 3.63) is 166 Å². The maximum Gasteiger partial charge on any atom is 0.351 e. The molecule has 6 atom stereocenters. The second kappa shape index (κ2) is 15.9. The molecule has 12 nitrogen and oxygen atoms in total. The fraction of sp³-hybridized carbons (Fsp3) is 0.225. The number of benzene rings is 4. The number of esters is 2. The maximum atomic E-state index is 13.7. The first-order chi connectivity index (χ1) is 25.1. The summed E-state index contributed by atoms with van der Waals surface area (Å²) >= 11 is 0. The van der Waals surface area contributed by atoms with Crippen LogP contribution < -0.4 is 11.0 Å². The molecule has 0 radical (unpaired) electrons. The molecule has 1 fully saturated rings. The molecule has 0 spiro atoms. The molecule has 1 aliphatic heterocycles. The zero-order valence-electron chi connectivity index (χ0n) is 28.4. The standard InChI is InChI=1S/C40H37N3O9/c1-26(49-36(46)29-19-11-5-12-20-29)33-34(51-37(47)30-21-13-6-14-22-30)40(2,52-32(44)25-27-15-7-3-8-16-27)38(50-33)43-24-23-31(42-39(43)48)41-35(45)28-17-9-4-10-18-28/h3-24,26,32-34,38,44H,25H2,1-2H3,(H,41,42,45,48). The van der Waals surface area contributed by atoms with Gasteiger partial charge in [0, 0.05) is 18.2 Å². The Morgan fingerprint density at radius 2 is 1.37 bits per heavy atom. The van der Waals surface area contributed by atoms with Crippen LogP contribution in [0.15, 0.2) is 138 Å². The van der Waals surface area contributed by atoms with E-state index in [1.165, 1.54) is 19.2 Å². The van der Waals surface area contributed by atoms with Crippen molar-refractivity contribution in [3.8, 4) is 0 Å². The van der Waals surface area contributed by atoms with Gasteiger partial charge in [-0.05, 0) is 61.9 Å².